The van der Waals surface area contributed by atoms with Crippen molar-refractivity contribution >= 4 is 41.7 Å². The Morgan fingerprint density at radius 3 is 2.04 bits per heavy atom. The number of hydrogen-bond donors (Lipinski definition) is 8. The lowest BCUT2D eigenvalue weighted by Gasteiger charge is -2.41. The van der Waals surface area contributed by atoms with Crippen LogP contribution in [0.1, 0.15) is 85.3 Å². The maximum atomic E-state index is 14.7. The fourth-order valence-electron chi connectivity index (χ4n) is 9.93. The van der Waals surface area contributed by atoms with Crippen LogP contribution in [0, 0.1) is 23.7 Å². The van der Waals surface area contributed by atoms with Crippen LogP contribution in [0.5, 0.6) is 11.5 Å². The van der Waals surface area contributed by atoms with E-state index in [2.05, 4.69) is 10.6 Å². The summed E-state index contributed by atoms with van der Waals surface area (Å²) >= 11 is 0. The minimum absolute atomic E-state index is 0.0759. The Bertz CT molecular complexity index is 2290. The summed E-state index contributed by atoms with van der Waals surface area (Å²) in [6.45, 7) is 12.3. The van der Waals surface area contributed by atoms with E-state index in [1.54, 1.807) is 70.8 Å². The molecule has 2 saturated heterocycles. The average Bonchev–Trinajstić information content (AvgIpc) is 3.86. The van der Waals surface area contributed by atoms with Crippen molar-refractivity contribution in [3.8, 4) is 11.5 Å². The molecule has 14 atom stereocenters. The van der Waals surface area contributed by atoms with Crippen molar-refractivity contribution in [2.75, 3.05) is 34.9 Å². The van der Waals surface area contributed by atoms with Gasteiger partial charge in [0.1, 0.15) is 54.5 Å². The summed E-state index contributed by atoms with van der Waals surface area (Å²) in [5.74, 6) is -7.31. The second kappa shape index (κ2) is 28.3. The molecule has 0 spiro atoms. The third-order valence-corrected chi connectivity index (χ3v) is 14.5. The van der Waals surface area contributed by atoms with Crippen molar-refractivity contribution in [2.45, 2.75) is 160 Å². The minimum Gasteiger partial charge on any atom is -0.507 e. The van der Waals surface area contributed by atoms with Crippen LogP contribution in [0.4, 0.5) is 4.79 Å². The lowest BCUT2D eigenvalue weighted by molar-refractivity contribution is -0.271. The van der Waals surface area contributed by atoms with Crippen molar-refractivity contribution in [2.24, 2.45) is 23.7 Å². The van der Waals surface area contributed by atoms with E-state index < -0.39 is 139 Å². The van der Waals surface area contributed by atoms with Crippen LogP contribution in [0.2, 0.25) is 0 Å². The summed E-state index contributed by atoms with van der Waals surface area (Å²) in [5.41, 5.74) is 0.827. The second-order valence-electron chi connectivity index (χ2n) is 20.4. The number of ether oxygens (including phenoxy) is 5. The van der Waals surface area contributed by atoms with Crippen molar-refractivity contribution in [3.05, 3.63) is 59.7 Å². The summed E-state index contributed by atoms with van der Waals surface area (Å²) in [5, 5.41) is 65.9. The molecule has 0 saturated carbocycles. The molecular weight excluding hydrogens is 995 g/mol. The molecule has 2 aromatic carbocycles. The molecule has 2 fully saturated rings. The highest BCUT2D eigenvalue weighted by Gasteiger charge is 2.49. The van der Waals surface area contributed by atoms with Crippen LogP contribution >= 0.6 is 0 Å². The summed E-state index contributed by atoms with van der Waals surface area (Å²) in [6.07, 6.45) is -10.2. The first kappa shape index (κ1) is 62.4. The first-order chi connectivity index (χ1) is 35.8. The van der Waals surface area contributed by atoms with Gasteiger partial charge in [0.05, 0.1) is 36.6 Å². The Morgan fingerprint density at radius 1 is 0.829 bits per heavy atom. The molecule has 0 aromatic heterocycles. The highest BCUT2D eigenvalue weighted by molar-refractivity contribution is 5.92. The fraction of sp³-hybridized carbons (Fsp3) is 0.642. The van der Waals surface area contributed by atoms with Crippen molar-refractivity contribution in [1.82, 2.24) is 25.3 Å². The molecule has 2 aliphatic rings. The van der Waals surface area contributed by atoms with Crippen LogP contribution in [-0.2, 0) is 60.7 Å². The molecule has 2 heterocycles. The van der Waals surface area contributed by atoms with Crippen molar-refractivity contribution in [3.63, 3.8) is 0 Å². The molecule has 5 amide bonds. The topological polar surface area (TPSA) is 321 Å². The Hall–Kier alpha value is -6.11. The van der Waals surface area contributed by atoms with Gasteiger partial charge in [-0.2, -0.15) is 0 Å². The van der Waals surface area contributed by atoms with E-state index in [1.165, 1.54) is 38.3 Å². The zero-order chi connectivity index (χ0) is 56.9. The zero-order valence-corrected chi connectivity index (χ0v) is 45.2. The molecule has 0 aliphatic carbocycles. The number of carboxylic acids is 2. The second-order valence-corrected chi connectivity index (χ2v) is 20.4. The molecular formula is C53H79N5O18. The Balaban J connectivity index is 1.43. The molecule has 4 rings (SSSR count). The summed E-state index contributed by atoms with van der Waals surface area (Å²) in [7, 11) is 5.85. The highest BCUT2D eigenvalue weighted by atomic mass is 16.7. The summed E-state index contributed by atoms with van der Waals surface area (Å²) in [4.78, 5) is 98.3. The number of hydrogen-bond acceptors (Lipinski definition) is 16. The largest absolute Gasteiger partial charge is 0.507 e. The SMILES string of the molecule is CCC(C)[C@@H]([C@@H](CC(=O)N1CCC[C@H]1[C@H](OC)[C@@H](C)C(=O)NC(Cc1ccccc1)C(=O)O)OC)N(C)C(=O)[C@@H](NC(=O)[C@H](C(C)C)N(C)C(=O)OCc1ccc(O[C@@H]2O[C@H](C(=O)O)[C@@H](O)[C@H](O)[C@H]2O)cc1O)C(C)C. The van der Waals surface area contributed by atoms with Gasteiger partial charge in [-0.15, -0.1) is 0 Å². The van der Waals surface area contributed by atoms with Crippen LogP contribution in [0.15, 0.2) is 48.5 Å². The number of aliphatic hydroxyl groups is 3. The third kappa shape index (κ3) is 15.5. The van der Waals surface area contributed by atoms with E-state index in [9.17, 15) is 64.2 Å². The minimum atomic E-state index is -1.94. The van der Waals surface area contributed by atoms with Gasteiger partial charge in [0.2, 0.25) is 29.9 Å². The lowest BCUT2D eigenvalue weighted by atomic mass is 9.89. The number of carbonyl (C=O) groups excluding carboxylic acids is 5. The number of carbonyl (C=O) groups is 7. The Kier molecular flexibility index (Phi) is 23.3. The first-order valence-electron chi connectivity index (χ1n) is 25.6. The fourth-order valence-corrected chi connectivity index (χ4v) is 9.93. The molecule has 0 radical (unpaired) electrons. The normalized spacial score (nSPS) is 22.8. The van der Waals surface area contributed by atoms with E-state index in [0.717, 1.165) is 16.5 Å². The number of benzene rings is 2. The maximum Gasteiger partial charge on any atom is 0.410 e. The maximum absolute atomic E-state index is 14.7. The number of aliphatic hydroxyl groups excluding tert-OH is 3. The molecule has 2 aromatic rings. The van der Waals surface area contributed by atoms with Crippen LogP contribution < -0.4 is 15.4 Å². The number of phenols is 1. The van der Waals surface area contributed by atoms with Gasteiger partial charge in [-0.05, 0) is 48.3 Å². The van der Waals surface area contributed by atoms with Crippen LogP contribution in [-0.4, -0.2) is 195 Å². The van der Waals surface area contributed by atoms with E-state index in [-0.39, 0.29) is 36.0 Å². The number of nitrogens with one attached hydrogen (secondary N) is 2. The van der Waals surface area contributed by atoms with Crippen molar-refractivity contribution in [1.29, 1.82) is 0 Å². The number of methoxy groups -OCH3 is 2. The van der Waals surface area contributed by atoms with Gasteiger partial charge in [0.15, 0.2) is 6.10 Å². The van der Waals surface area contributed by atoms with Gasteiger partial charge >= 0.3 is 18.0 Å². The molecule has 8 N–H and O–H groups in total. The Morgan fingerprint density at radius 2 is 1.49 bits per heavy atom. The third-order valence-electron chi connectivity index (χ3n) is 14.5. The summed E-state index contributed by atoms with van der Waals surface area (Å²) < 4.78 is 28.0. The number of aromatic hydroxyl groups is 1. The quantitative estimate of drug-likeness (QED) is 0.0669. The lowest BCUT2D eigenvalue weighted by Crippen LogP contribution is -2.61. The van der Waals surface area contributed by atoms with Crippen LogP contribution in [0.25, 0.3) is 0 Å². The van der Waals surface area contributed by atoms with Gasteiger partial charge < -0.3 is 74.8 Å². The average molecular weight is 1070 g/mol. The summed E-state index contributed by atoms with van der Waals surface area (Å²) in [6, 6.07) is 7.98. The number of amides is 5. The molecule has 0 bridgehead atoms. The first-order valence-corrected chi connectivity index (χ1v) is 25.6. The van der Waals surface area contributed by atoms with Gasteiger partial charge in [0.25, 0.3) is 0 Å². The standard InChI is InChI=1S/C53H79N5O18/c1-12-29(6)41(37(72-10)25-38(60)58-22-16-19-35(58)45(73-11)30(7)47(64)54-34(50(67)68)23-31-17-14-13-15-18-31)56(8)49(66)39(27(2)3)55-48(65)40(28(4)5)57(9)53(71)74-26-32-20-21-33(24-36(32)59)75-52-44(63)42(61)43(62)46(76-52)51(69)70/h13-15,17-18,20-21,24,27-30,34-35,37,39-46,52,59,61-63H,12,16,19,22-23,25-26H2,1-11H3,(H,54,64)(H,55,65)(H,67,68)(H,69,70)/t29?,30-,34?,35+,37-,39+,40+,41+,42+,43+,44-,45-,46+,52-/m1/s1. The van der Waals surface area contributed by atoms with Gasteiger partial charge in [-0.3, -0.25) is 24.1 Å². The van der Waals surface area contributed by atoms with Gasteiger partial charge in [-0.1, -0.05) is 85.2 Å². The Labute approximate surface area is 443 Å². The van der Waals surface area contributed by atoms with Crippen LogP contribution in [0.3, 0.4) is 0 Å². The molecule has 76 heavy (non-hydrogen) atoms. The number of aliphatic carboxylic acids is 2. The van der Waals surface area contributed by atoms with Gasteiger partial charge in [-0.25, -0.2) is 14.4 Å². The van der Waals surface area contributed by atoms with E-state index in [4.69, 9.17) is 23.7 Å². The highest BCUT2D eigenvalue weighted by Crippen LogP contribution is 2.32. The smallest absolute Gasteiger partial charge is 0.410 e. The number of likely N-dealkylation sites (N-methyl/N-ethyl adjacent to an activating group) is 2. The molecule has 23 heteroatoms. The zero-order valence-electron chi connectivity index (χ0n) is 45.2. The molecule has 424 valence electrons. The number of nitrogens with zero attached hydrogens (tertiary/aromatic N) is 3. The number of likely N-dealkylation sites (tertiary alicyclic amines) is 1. The van der Waals surface area contributed by atoms with E-state index >= 15 is 0 Å². The number of rotatable bonds is 26. The number of carboxylic acid groups (broad SMARTS) is 2. The number of phenolic OH excluding ortho intramolecular Hbond substituents is 1. The van der Waals surface area contributed by atoms with Crippen molar-refractivity contribution < 1.29 is 87.9 Å². The predicted octanol–water partition coefficient (Wildman–Crippen LogP) is 2.13. The monoisotopic (exact) mass is 1070 g/mol. The molecule has 2 aliphatic heterocycles. The van der Waals surface area contributed by atoms with E-state index in [1.807, 2.05) is 19.9 Å². The molecule has 2 unspecified atom stereocenters. The van der Waals surface area contributed by atoms with Gasteiger partial charge in [0, 0.05) is 52.9 Å². The molecule has 23 nitrogen and oxygen atoms in total. The van der Waals surface area contributed by atoms with E-state index in [0.29, 0.717) is 25.8 Å². The predicted molar refractivity (Wildman–Crippen MR) is 272 cm³/mol.